The van der Waals surface area contributed by atoms with E-state index in [1.807, 2.05) is 36.5 Å². The second-order valence-electron chi connectivity index (χ2n) is 4.42. The van der Waals surface area contributed by atoms with Crippen molar-refractivity contribution >= 4 is 15.9 Å². The van der Waals surface area contributed by atoms with Crippen LogP contribution in [0.25, 0.3) is 0 Å². The summed E-state index contributed by atoms with van der Waals surface area (Å²) in [5.74, 6) is 0.876. The second kappa shape index (κ2) is 4.71. The molecule has 2 atom stereocenters. The van der Waals surface area contributed by atoms with Crippen LogP contribution in [0.1, 0.15) is 29.7 Å². The van der Waals surface area contributed by atoms with Gasteiger partial charge in [0.15, 0.2) is 0 Å². The Bertz CT molecular complexity index is 573. The Balaban J connectivity index is 1.94. The molecule has 0 amide bonds. The van der Waals surface area contributed by atoms with Crippen molar-refractivity contribution in [2.75, 3.05) is 0 Å². The van der Waals surface area contributed by atoms with E-state index in [1.165, 1.54) is 0 Å². The number of benzene rings is 1. The van der Waals surface area contributed by atoms with Crippen LogP contribution in [-0.2, 0) is 0 Å². The molecular formula is C14H13BrN2O. The summed E-state index contributed by atoms with van der Waals surface area (Å²) in [4.78, 5) is 4.17. The zero-order valence-electron chi connectivity index (χ0n) is 9.71. The van der Waals surface area contributed by atoms with E-state index in [0.717, 1.165) is 27.8 Å². The Morgan fingerprint density at radius 2 is 2.11 bits per heavy atom. The number of halogens is 1. The summed E-state index contributed by atoms with van der Waals surface area (Å²) in [6.07, 6.45) is 4.34. The Labute approximate surface area is 114 Å². The first-order valence-corrected chi connectivity index (χ1v) is 6.65. The van der Waals surface area contributed by atoms with Gasteiger partial charge in [0.05, 0.1) is 0 Å². The van der Waals surface area contributed by atoms with E-state index < -0.39 is 0 Å². The lowest BCUT2D eigenvalue weighted by molar-refractivity contribution is 0.161. The third-order valence-electron chi connectivity index (χ3n) is 3.15. The molecule has 1 aromatic carbocycles. The molecule has 1 unspecified atom stereocenters. The predicted octanol–water partition coefficient (Wildman–Crippen LogP) is 3.37. The van der Waals surface area contributed by atoms with E-state index in [-0.39, 0.29) is 12.1 Å². The van der Waals surface area contributed by atoms with Crippen LogP contribution in [0.5, 0.6) is 5.75 Å². The zero-order valence-corrected chi connectivity index (χ0v) is 11.3. The highest BCUT2D eigenvalue weighted by atomic mass is 79.9. The number of hydrogen-bond acceptors (Lipinski definition) is 3. The van der Waals surface area contributed by atoms with Gasteiger partial charge in [-0.1, -0.05) is 18.2 Å². The molecule has 3 rings (SSSR count). The molecule has 0 spiro atoms. The summed E-state index contributed by atoms with van der Waals surface area (Å²) in [5.41, 5.74) is 8.33. The molecule has 0 radical (unpaired) electrons. The van der Waals surface area contributed by atoms with E-state index in [2.05, 4.69) is 20.9 Å². The van der Waals surface area contributed by atoms with Gasteiger partial charge in [-0.05, 0) is 28.1 Å². The van der Waals surface area contributed by atoms with Gasteiger partial charge in [-0.2, -0.15) is 0 Å². The third-order valence-corrected chi connectivity index (χ3v) is 3.59. The van der Waals surface area contributed by atoms with Gasteiger partial charge in [0.25, 0.3) is 0 Å². The molecular weight excluding hydrogens is 292 g/mol. The van der Waals surface area contributed by atoms with Crippen molar-refractivity contribution in [1.82, 2.24) is 4.98 Å². The summed E-state index contributed by atoms with van der Waals surface area (Å²) >= 11 is 3.43. The topological polar surface area (TPSA) is 48.1 Å². The highest BCUT2D eigenvalue weighted by molar-refractivity contribution is 9.10. The minimum absolute atomic E-state index is 0.0129. The maximum atomic E-state index is 6.20. The summed E-state index contributed by atoms with van der Waals surface area (Å²) in [6.45, 7) is 0. The monoisotopic (exact) mass is 304 g/mol. The molecule has 3 nitrogen and oxygen atoms in total. The molecule has 0 saturated heterocycles. The molecule has 92 valence electrons. The van der Waals surface area contributed by atoms with Crippen LogP contribution in [-0.4, -0.2) is 4.98 Å². The number of ether oxygens (including phenoxy) is 1. The number of pyridine rings is 1. The van der Waals surface area contributed by atoms with Crippen LogP contribution in [0.2, 0.25) is 0 Å². The normalized spacial score (nSPS) is 22.1. The van der Waals surface area contributed by atoms with Crippen molar-refractivity contribution in [2.45, 2.75) is 18.6 Å². The Morgan fingerprint density at radius 3 is 2.94 bits per heavy atom. The van der Waals surface area contributed by atoms with E-state index in [0.29, 0.717) is 0 Å². The number of fused-ring (bicyclic) bond motifs is 1. The molecule has 4 heteroatoms. The number of nitrogens with two attached hydrogens (primary N) is 1. The van der Waals surface area contributed by atoms with Gasteiger partial charge < -0.3 is 10.5 Å². The van der Waals surface area contributed by atoms with Gasteiger partial charge >= 0.3 is 0 Å². The smallest absolute Gasteiger partial charge is 0.127 e. The molecule has 0 saturated carbocycles. The summed E-state index contributed by atoms with van der Waals surface area (Å²) in [5, 5.41) is 0. The standard InChI is InChI=1S/C14H13BrN2O/c15-10-5-9(7-17-8-10)14-6-12(16)11-3-1-2-4-13(11)18-14/h1-5,7-8,12,14H,6,16H2/t12-,14?/m1/s1. The van der Waals surface area contributed by atoms with Crippen molar-refractivity contribution in [3.8, 4) is 5.75 Å². The van der Waals surface area contributed by atoms with Gasteiger partial charge in [0.2, 0.25) is 0 Å². The molecule has 0 fully saturated rings. The number of hydrogen-bond donors (Lipinski definition) is 1. The fraction of sp³-hybridized carbons (Fsp3) is 0.214. The molecule has 2 heterocycles. The van der Waals surface area contributed by atoms with E-state index in [1.54, 1.807) is 6.20 Å². The van der Waals surface area contributed by atoms with Crippen LogP contribution in [0.3, 0.4) is 0 Å². The Hall–Kier alpha value is -1.39. The van der Waals surface area contributed by atoms with Gasteiger partial charge in [0, 0.05) is 40.5 Å². The van der Waals surface area contributed by atoms with Gasteiger partial charge in [-0.3, -0.25) is 4.98 Å². The maximum Gasteiger partial charge on any atom is 0.127 e. The minimum Gasteiger partial charge on any atom is -0.485 e. The molecule has 1 aliphatic rings. The van der Waals surface area contributed by atoms with E-state index >= 15 is 0 Å². The molecule has 18 heavy (non-hydrogen) atoms. The van der Waals surface area contributed by atoms with Crippen LogP contribution >= 0.6 is 15.9 Å². The Kier molecular flexibility index (Phi) is 3.06. The van der Waals surface area contributed by atoms with Gasteiger partial charge in [-0.25, -0.2) is 0 Å². The quantitative estimate of drug-likeness (QED) is 0.879. The van der Waals surface area contributed by atoms with Crippen LogP contribution < -0.4 is 10.5 Å². The SMILES string of the molecule is N[C@@H]1CC(c2cncc(Br)c2)Oc2ccccc21. The molecule has 2 aromatic rings. The maximum absolute atomic E-state index is 6.20. The fourth-order valence-electron chi connectivity index (χ4n) is 2.26. The lowest BCUT2D eigenvalue weighted by atomic mass is 9.94. The third kappa shape index (κ3) is 2.13. The average Bonchev–Trinajstić information content (AvgIpc) is 2.39. The number of para-hydroxylation sites is 1. The predicted molar refractivity (Wildman–Crippen MR) is 73.3 cm³/mol. The van der Waals surface area contributed by atoms with Crippen molar-refractivity contribution < 1.29 is 4.74 Å². The lowest BCUT2D eigenvalue weighted by Crippen LogP contribution is -2.24. The van der Waals surface area contributed by atoms with Crippen molar-refractivity contribution in [1.29, 1.82) is 0 Å². The first-order valence-electron chi connectivity index (χ1n) is 5.85. The van der Waals surface area contributed by atoms with E-state index in [9.17, 15) is 0 Å². The lowest BCUT2D eigenvalue weighted by Gasteiger charge is -2.30. The van der Waals surface area contributed by atoms with Crippen LogP contribution in [0.15, 0.2) is 47.2 Å². The zero-order chi connectivity index (χ0) is 12.5. The minimum atomic E-state index is -0.0279. The fourth-order valence-corrected chi connectivity index (χ4v) is 2.64. The number of rotatable bonds is 1. The van der Waals surface area contributed by atoms with Crippen LogP contribution in [0, 0.1) is 0 Å². The first kappa shape index (κ1) is 11.7. The molecule has 1 aliphatic heterocycles. The average molecular weight is 305 g/mol. The highest BCUT2D eigenvalue weighted by Gasteiger charge is 2.26. The number of nitrogens with zero attached hydrogens (tertiary/aromatic N) is 1. The number of aromatic nitrogens is 1. The largest absolute Gasteiger partial charge is 0.485 e. The van der Waals surface area contributed by atoms with Gasteiger partial charge in [0.1, 0.15) is 11.9 Å². The molecule has 0 aliphatic carbocycles. The summed E-state index contributed by atoms with van der Waals surface area (Å²) < 4.78 is 6.96. The Morgan fingerprint density at radius 1 is 1.28 bits per heavy atom. The van der Waals surface area contributed by atoms with Crippen molar-refractivity contribution in [3.05, 3.63) is 58.3 Å². The van der Waals surface area contributed by atoms with Crippen molar-refractivity contribution in [3.63, 3.8) is 0 Å². The van der Waals surface area contributed by atoms with Crippen molar-refractivity contribution in [2.24, 2.45) is 5.73 Å². The van der Waals surface area contributed by atoms with Crippen LogP contribution in [0.4, 0.5) is 0 Å². The first-order chi connectivity index (χ1) is 8.74. The molecule has 2 N–H and O–H groups in total. The van der Waals surface area contributed by atoms with Gasteiger partial charge in [-0.15, -0.1) is 0 Å². The molecule has 1 aromatic heterocycles. The summed E-state index contributed by atoms with van der Waals surface area (Å²) in [6, 6.07) is 9.98. The highest BCUT2D eigenvalue weighted by Crippen LogP contribution is 2.39. The summed E-state index contributed by atoms with van der Waals surface area (Å²) in [7, 11) is 0. The van der Waals surface area contributed by atoms with E-state index in [4.69, 9.17) is 10.5 Å². The molecule has 0 bridgehead atoms. The second-order valence-corrected chi connectivity index (χ2v) is 5.34.